The number of hydrogen-bond donors (Lipinski definition) is 2. The van der Waals surface area contributed by atoms with Gasteiger partial charge >= 0.3 is 5.97 Å². The minimum atomic E-state index is -0.717. The number of thioether (sulfide) groups is 1. The van der Waals surface area contributed by atoms with Crippen molar-refractivity contribution in [1.82, 2.24) is 10.2 Å². The number of piperidine rings is 1. The maximum Gasteiger partial charge on any atom is 0.321 e. The van der Waals surface area contributed by atoms with Crippen molar-refractivity contribution in [3.05, 3.63) is 35.9 Å². The van der Waals surface area contributed by atoms with Gasteiger partial charge in [-0.15, -0.1) is 11.8 Å². The second kappa shape index (κ2) is 6.38. The number of benzene rings is 1. The first-order valence-electron chi connectivity index (χ1n) is 7.58. The second-order valence-corrected chi connectivity index (χ2v) is 7.32. The van der Waals surface area contributed by atoms with Crippen LogP contribution in [-0.2, 0) is 11.2 Å². The number of likely N-dealkylation sites (tertiary alicyclic amines) is 1. The van der Waals surface area contributed by atoms with Crippen LogP contribution in [0.5, 0.6) is 0 Å². The predicted molar refractivity (Wildman–Crippen MR) is 85.6 cm³/mol. The Kier molecular flexibility index (Phi) is 4.52. The van der Waals surface area contributed by atoms with Crippen molar-refractivity contribution in [2.45, 2.75) is 30.2 Å². The molecule has 1 aromatic rings. The molecule has 0 amide bonds. The average molecular weight is 306 g/mol. The van der Waals surface area contributed by atoms with Gasteiger partial charge in [0.05, 0.1) is 4.87 Å². The molecule has 1 atom stereocenters. The summed E-state index contributed by atoms with van der Waals surface area (Å²) in [6.45, 7) is 3.20. The lowest BCUT2D eigenvalue weighted by Crippen LogP contribution is -2.52. The van der Waals surface area contributed by atoms with Crippen molar-refractivity contribution in [3.63, 3.8) is 0 Å². The van der Waals surface area contributed by atoms with Crippen LogP contribution in [0.15, 0.2) is 30.3 Å². The van der Waals surface area contributed by atoms with Crippen molar-refractivity contribution in [2.24, 2.45) is 0 Å². The van der Waals surface area contributed by atoms with E-state index < -0.39 is 5.97 Å². The van der Waals surface area contributed by atoms with E-state index in [9.17, 15) is 4.79 Å². The lowest BCUT2D eigenvalue weighted by Gasteiger charge is -2.39. The molecule has 2 heterocycles. The van der Waals surface area contributed by atoms with Gasteiger partial charge in [-0.1, -0.05) is 30.3 Å². The first kappa shape index (κ1) is 14.9. The second-order valence-electron chi connectivity index (χ2n) is 5.92. The summed E-state index contributed by atoms with van der Waals surface area (Å²) < 4.78 is 0. The molecule has 2 N–H and O–H groups in total. The minimum Gasteiger partial charge on any atom is -0.480 e. The Labute approximate surface area is 129 Å². The molecule has 0 radical (unpaired) electrons. The van der Waals surface area contributed by atoms with E-state index in [0.29, 0.717) is 5.75 Å². The molecule has 3 rings (SSSR count). The number of hydrogen-bond acceptors (Lipinski definition) is 4. The van der Waals surface area contributed by atoms with E-state index in [1.807, 2.05) is 0 Å². The van der Waals surface area contributed by atoms with Gasteiger partial charge in [0, 0.05) is 25.4 Å². The first-order valence-corrected chi connectivity index (χ1v) is 8.56. The lowest BCUT2D eigenvalue weighted by atomic mass is 10.0. The van der Waals surface area contributed by atoms with E-state index in [4.69, 9.17) is 5.11 Å². The number of nitrogens with zero attached hydrogens (tertiary/aromatic N) is 1. The summed E-state index contributed by atoms with van der Waals surface area (Å²) in [4.78, 5) is 13.6. The number of aliphatic carboxylic acids is 1. The van der Waals surface area contributed by atoms with Crippen molar-refractivity contribution < 1.29 is 9.90 Å². The highest BCUT2D eigenvalue weighted by molar-refractivity contribution is 8.01. The number of carbonyl (C=O) groups is 1. The Hall–Kier alpha value is -1.04. The summed E-state index contributed by atoms with van der Waals surface area (Å²) in [6.07, 6.45) is 3.17. The van der Waals surface area contributed by atoms with Gasteiger partial charge in [0.25, 0.3) is 0 Å². The van der Waals surface area contributed by atoms with Gasteiger partial charge < -0.3 is 10.0 Å². The number of carboxylic acids is 1. The van der Waals surface area contributed by atoms with Gasteiger partial charge in [-0.05, 0) is 24.8 Å². The third kappa shape index (κ3) is 3.59. The van der Waals surface area contributed by atoms with Crippen LogP contribution in [0.1, 0.15) is 18.4 Å². The smallest absolute Gasteiger partial charge is 0.321 e. The monoisotopic (exact) mass is 306 g/mol. The molecule has 5 heteroatoms. The number of carboxylic acid groups (broad SMARTS) is 1. The van der Waals surface area contributed by atoms with Gasteiger partial charge in [0.15, 0.2) is 0 Å². The van der Waals surface area contributed by atoms with Gasteiger partial charge in [-0.3, -0.25) is 10.1 Å². The molecule has 2 aliphatic rings. The molecule has 0 aromatic heterocycles. The van der Waals surface area contributed by atoms with Crippen LogP contribution in [0.3, 0.4) is 0 Å². The molecule has 114 valence electrons. The fourth-order valence-corrected chi connectivity index (χ4v) is 4.54. The minimum absolute atomic E-state index is 0.00625. The molecule has 2 saturated heterocycles. The van der Waals surface area contributed by atoms with Crippen molar-refractivity contribution in [1.29, 1.82) is 0 Å². The van der Waals surface area contributed by atoms with E-state index >= 15 is 0 Å². The third-order valence-corrected chi connectivity index (χ3v) is 6.06. The van der Waals surface area contributed by atoms with E-state index in [1.165, 1.54) is 5.56 Å². The normalized spacial score (nSPS) is 25.2. The molecule has 0 aliphatic carbocycles. The van der Waals surface area contributed by atoms with Crippen LogP contribution in [0.4, 0.5) is 0 Å². The summed E-state index contributed by atoms with van der Waals surface area (Å²) in [5, 5.41) is 12.4. The molecular weight excluding hydrogens is 284 g/mol. The van der Waals surface area contributed by atoms with E-state index in [-0.39, 0.29) is 10.9 Å². The van der Waals surface area contributed by atoms with Crippen LogP contribution in [0.25, 0.3) is 0 Å². The zero-order chi connectivity index (χ0) is 14.7. The van der Waals surface area contributed by atoms with Crippen LogP contribution in [0, 0.1) is 0 Å². The molecular formula is C16H22N2O2S. The van der Waals surface area contributed by atoms with Gasteiger partial charge in [-0.2, -0.15) is 0 Å². The molecule has 0 saturated carbocycles. The largest absolute Gasteiger partial charge is 0.480 e. The quantitative estimate of drug-likeness (QED) is 0.888. The zero-order valence-corrected chi connectivity index (χ0v) is 12.9. The Morgan fingerprint density at radius 3 is 2.67 bits per heavy atom. The lowest BCUT2D eigenvalue weighted by molar-refractivity contribution is -0.139. The molecule has 4 nitrogen and oxygen atoms in total. The number of nitrogens with one attached hydrogen (secondary N) is 1. The fraction of sp³-hybridized carbons (Fsp3) is 0.562. The molecule has 2 aliphatic heterocycles. The summed E-state index contributed by atoms with van der Waals surface area (Å²) >= 11 is 1.80. The molecule has 2 fully saturated rings. The highest BCUT2D eigenvalue weighted by Gasteiger charge is 2.43. The fourth-order valence-electron chi connectivity index (χ4n) is 3.14. The zero-order valence-electron chi connectivity index (χ0n) is 12.1. The maximum absolute atomic E-state index is 11.1. The highest BCUT2D eigenvalue weighted by Crippen LogP contribution is 2.39. The van der Waals surface area contributed by atoms with Crippen LogP contribution in [0.2, 0.25) is 0 Å². The summed E-state index contributed by atoms with van der Waals surface area (Å²) in [5.41, 5.74) is 1.39. The van der Waals surface area contributed by atoms with Gasteiger partial charge in [-0.25, -0.2) is 0 Å². The molecule has 21 heavy (non-hydrogen) atoms. The Bertz CT molecular complexity index is 486. The Morgan fingerprint density at radius 2 is 2.05 bits per heavy atom. The van der Waals surface area contributed by atoms with E-state index in [0.717, 1.165) is 38.9 Å². The van der Waals surface area contributed by atoms with E-state index in [1.54, 1.807) is 11.8 Å². The van der Waals surface area contributed by atoms with E-state index in [2.05, 4.69) is 40.5 Å². The summed E-state index contributed by atoms with van der Waals surface area (Å²) in [5.74, 6) is -0.0230. The standard InChI is InChI=1S/C16H22N2O2S/c19-15(20)14-12-21-16(17-14)7-10-18(11-8-16)9-6-13-4-2-1-3-5-13/h1-5,14,17H,6-12H2,(H,19,20). The number of rotatable bonds is 4. The first-order chi connectivity index (χ1) is 10.2. The Balaban J connectivity index is 1.46. The average Bonchev–Trinajstić information content (AvgIpc) is 2.92. The SMILES string of the molecule is O=C(O)C1CSC2(CCN(CCc3ccccc3)CC2)N1. The molecule has 1 aromatic carbocycles. The molecule has 0 bridgehead atoms. The maximum atomic E-state index is 11.1. The van der Waals surface area contributed by atoms with Crippen LogP contribution >= 0.6 is 11.8 Å². The molecule has 1 spiro atoms. The van der Waals surface area contributed by atoms with Crippen molar-refractivity contribution in [3.8, 4) is 0 Å². The third-order valence-electron chi connectivity index (χ3n) is 4.48. The van der Waals surface area contributed by atoms with Crippen molar-refractivity contribution in [2.75, 3.05) is 25.4 Å². The van der Waals surface area contributed by atoms with Crippen LogP contribution < -0.4 is 5.32 Å². The van der Waals surface area contributed by atoms with Crippen LogP contribution in [-0.4, -0.2) is 52.3 Å². The predicted octanol–water partition coefficient (Wildman–Crippen LogP) is 1.81. The van der Waals surface area contributed by atoms with Gasteiger partial charge in [0.2, 0.25) is 0 Å². The van der Waals surface area contributed by atoms with Crippen molar-refractivity contribution >= 4 is 17.7 Å². The topological polar surface area (TPSA) is 52.6 Å². The highest BCUT2D eigenvalue weighted by atomic mass is 32.2. The molecule has 1 unspecified atom stereocenters. The summed E-state index contributed by atoms with van der Waals surface area (Å²) in [6, 6.07) is 10.2. The van der Waals surface area contributed by atoms with Gasteiger partial charge in [0.1, 0.15) is 6.04 Å². The Morgan fingerprint density at radius 1 is 1.33 bits per heavy atom. The summed E-state index contributed by atoms with van der Waals surface area (Å²) in [7, 11) is 0.